The van der Waals surface area contributed by atoms with Crippen LogP contribution >= 0.6 is 0 Å². The molecule has 3 aromatic rings. The van der Waals surface area contributed by atoms with Gasteiger partial charge in [0.2, 0.25) is 0 Å². The zero-order chi connectivity index (χ0) is 13.2. The van der Waals surface area contributed by atoms with Gasteiger partial charge in [-0.2, -0.15) is 0 Å². The summed E-state index contributed by atoms with van der Waals surface area (Å²) >= 11 is 0. The summed E-state index contributed by atoms with van der Waals surface area (Å²) in [5.41, 5.74) is 1.95. The summed E-state index contributed by atoms with van der Waals surface area (Å²) in [6.45, 7) is 0. The van der Waals surface area contributed by atoms with Crippen LogP contribution in [0.15, 0.2) is 57.7 Å². The van der Waals surface area contributed by atoms with Crippen molar-refractivity contribution in [2.45, 2.75) is 0 Å². The van der Waals surface area contributed by atoms with E-state index in [2.05, 4.69) is 10.3 Å². The van der Waals surface area contributed by atoms with Crippen molar-refractivity contribution in [2.24, 2.45) is 0 Å². The Balaban J connectivity index is 1.98. The van der Waals surface area contributed by atoms with Crippen molar-refractivity contribution in [3.8, 4) is 0 Å². The molecule has 0 atom stereocenters. The number of anilines is 1. The first kappa shape index (κ1) is 11.3. The van der Waals surface area contributed by atoms with Crippen LogP contribution in [0.2, 0.25) is 0 Å². The number of fused-ring (bicyclic) bond motifs is 1. The van der Waals surface area contributed by atoms with E-state index in [9.17, 15) is 9.59 Å². The molecule has 0 saturated carbocycles. The van der Waals surface area contributed by atoms with E-state index in [-0.39, 0.29) is 5.91 Å². The number of aromatic nitrogens is 1. The lowest BCUT2D eigenvalue weighted by Crippen LogP contribution is -2.12. The van der Waals surface area contributed by atoms with Crippen LogP contribution in [0.3, 0.4) is 0 Å². The first-order valence-electron chi connectivity index (χ1n) is 5.72. The van der Waals surface area contributed by atoms with Crippen molar-refractivity contribution in [2.75, 3.05) is 5.32 Å². The third-order valence-electron chi connectivity index (χ3n) is 2.74. The van der Waals surface area contributed by atoms with Crippen molar-refractivity contribution >= 4 is 22.7 Å². The fraction of sp³-hybridized carbons (Fsp3) is 0. The summed E-state index contributed by atoms with van der Waals surface area (Å²) in [5, 5.41) is 2.75. The highest BCUT2D eigenvalue weighted by molar-refractivity contribution is 6.07. The normalized spacial score (nSPS) is 10.5. The van der Waals surface area contributed by atoms with Gasteiger partial charge in [0.15, 0.2) is 5.58 Å². The lowest BCUT2D eigenvalue weighted by Gasteiger charge is -2.05. The number of benzene rings is 2. The molecule has 1 aromatic heterocycles. The van der Waals surface area contributed by atoms with Gasteiger partial charge in [0, 0.05) is 5.56 Å². The quantitative estimate of drug-likeness (QED) is 0.737. The van der Waals surface area contributed by atoms with Crippen LogP contribution in [0.25, 0.3) is 11.1 Å². The molecule has 0 aliphatic carbocycles. The Bertz CT molecular complexity index is 787. The molecule has 0 spiro atoms. The molecule has 94 valence electrons. The summed E-state index contributed by atoms with van der Waals surface area (Å²) in [5.74, 6) is -0.786. The number of aromatic amines is 1. The molecule has 5 heteroatoms. The van der Waals surface area contributed by atoms with E-state index in [0.717, 1.165) is 0 Å². The minimum Gasteiger partial charge on any atom is -0.408 e. The predicted octanol–water partition coefficient (Wildman–Crippen LogP) is 2.37. The Morgan fingerprint density at radius 3 is 2.63 bits per heavy atom. The number of rotatable bonds is 2. The van der Waals surface area contributed by atoms with Gasteiger partial charge in [-0.3, -0.25) is 9.78 Å². The van der Waals surface area contributed by atoms with Crippen LogP contribution in [-0.4, -0.2) is 10.9 Å². The fourth-order valence-corrected chi connectivity index (χ4v) is 1.86. The van der Waals surface area contributed by atoms with E-state index >= 15 is 0 Å². The molecule has 0 aliphatic heterocycles. The molecule has 0 bridgehead atoms. The highest BCUT2D eigenvalue weighted by Gasteiger charge is 2.10. The SMILES string of the molecule is O=C(Nc1cccc2oc(=O)[nH]c12)c1ccccc1. The van der Waals surface area contributed by atoms with Crippen LogP contribution in [0.1, 0.15) is 10.4 Å². The van der Waals surface area contributed by atoms with E-state index in [1.54, 1.807) is 42.5 Å². The van der Waals surface area contributed by atoms with Gasteiger partial charge in [-0.05, 0) is 24.3 Å². The molecule has 5 nitrogen and oxygen atoms in total. The molecule has 2 aromatic carbocycles. The van der Waals surface area contributed by atoms with Gasteiger partial charge >= 0.3 is 5.76 Å². The van der Waals surface area contributed by atoms with E-state index in [1.807, 2.05) is 6.07 Å². The highest BCUT2D eigenvalue weighted by Crippen LogP contribution is 2.20. The molecule has 2 N–H and O–H groups in total. The van der Waals surface area contributed by atoms with Crippen molar-refractivity contribution in [1.82, 2.24) is 4.98 Å². The first-order chi connectivity index (χ1) is 9.24. The van der Waals surface area contributed by atoms with Crippen molar-refractivity contribution in [1.29, 1.82) is 0 Å². The Morgan fingerprint density at radius 2 is 1.84 bits per heavy atom. The lowest BCUT2D eigenvalue weighted by molar-refractivity contribution is 0.102. The Morgan fingerprint density at radius 1 is 1.05 bits per heavy atom. The van der Waals surface area contributed by atoms with Gasteiger partial charge in [-0.1, -0.05) is 24.3 Å². The summed E-state index contributed by atoms with van der Waals surface area (Å²) in [6, 6.07) is 13.9. The number of nitrogens with one attached hydrogen (secondary N) is 2. The zero-order valence-corrected chi connectivity index (χ0v) is 9.84. The van der Waals surface area contributed by atoms with Crippen LogP contribution in [0, 0.1) is 0 Å². The molecule has 0 unspecified atom stereocenters. The molecular weight excluding hydrogens is 244 g/mol. The second-order valence-corrected chi connectivity index (χ2v) is 4.01. The molecule has 0 saturated heterocycles. The second kappa shape index (κ2) is 4.45. The van der Waals surface area contributed by atoms with Crippen LogP contribution in [-0.2, 0) is 0 Å². The minimum absolute atomic E-state index is 0.241. The predicted molar refractivity (Wildman–Crippen MR) is 71.2 cm³/mol. The summed E-state index contributed by atoms with van der Waals surface area (Å²) in [7, 11) is 0. The monoisotopic (exact) mass is 254 g/mol. The van der Waals surface area contributed by atoms with Crippen molar-refractivity contribution in [3.05, 3.63) is 64.6 Å². The van der Waals surface area contributed by atoms with Crippen molar-refractivity contribution in [3.63, 3.8) is 0 Å². The topological polar surface area (TPSA) is 75.1 Å². The van der Waals surface area contributed by atoms with Crippen molar-refractivity contribution < 1.29 is 9.21 Å². The number of carbonyl (C=O) groups excluding carboxylic acids is 1. The second-order valence-electron chi connectivity index (χ2n) is 4.01. The molecule has 0 fully saturated rings. The standard InChI is InChI=1S/C14H10N2O3/c17-13(9-5-2-1-3-6-9)15-10-7-4-8-11-12(10)16-14(18)19-11/h1-8H,(H,15,17)(H,16,18). The average molecular weight is 254 g/mol. The minimum atomic E-state index is -0.545. The van der Waals surface area contributed by atoms with Gasteiger partial charge in [-0.15, -0.1) is 0 Å². The summed E-state index contributed by atoms with van der Waals surface area (Å²) in [4.78, 5) is 25.7. The third kappa shape index (κ3) is 2.13. The van der Waals surface area contributed by atoms with Gasteiger partial charge in [-0.25, -0.2) is 4.79 Å². The maximum Gasteiger partial charge on any atom is 0.417 e. The number of amides is 1. The maximum atomic E-state index is 12.0. The summed E-state index contributed by atoms with van der Waals surface area (Å²) in [6.07, 6.45) is 0. The molecule has 1 heterocycles. The molecule has 0 aliphatic rings. The zero-order valence-electron chi connectivity index (χ0n) is 9.84. The maximum absolute atomic E-state index is 12.0. The van der Waals surface area contributed by atoms with Gasteiger partial charge in [0.1, 0.15) is 5.52 Å². The van der Waals surface area contributed by atoms with E-state index in [4.69, 9.17) is 4.42 Å². The third-order valence-corrected chi connectivity index (χ3v) is 2.74. The lowest BCUT2D eigenvalue weighted by atomic mass is 10.2. The van der Waals surface area contributed by atoms with E-state index in [0.29, 0.717) is 22.4 Å². The smallest absolute Gasteiger partial charge is 0.408 e. The number of hydrogen-bond donors (Lipinski definition) is 2. The van der Waals surface area contributed by atoms with Crippen LogP contribution in [0.5, 0.6) is 0 Å². The number of para-hydroxylation sites is 1. The van der Waals surface area contributed by atoms with Gasteiger partial charge < -0.3 is 9.73 Å². The largest absolute Gasteiger partial charge is 0.417 e. The highest BCUT2D eigenvalue weighted by atomic mass is 16.4. The Kier molecular flexibility index (Phi) is 2.64. The number of H-pyrrole nitrogens is 1. The Labute approximate surface area is 107 Å². The molecular formula is C14H10N2O3. The Hall–Kier alpha value is -2.82. The van der Waals surface area contributed by atoms with Crippen LogP contribution in [0.4, 0.5) is 5.69 Å². The van der Waals surface area contributed by atoms with Crippen LogP contribution < -0.4 is 11.1 Å². The molecule has 3 rings (SSSR count). The van der Waals surface area contributed by atoms with Gasteiger partial charge in [0.05, 0.1) is 5.69 Å². The average Bonchev–Trinajstić information content (AvgIpc) is 2.81. The fourth-order valence-electron chi connectivity index (χ4n) is 1.86. The first-order valence-corrected chi connectivity index (χ1v) is 5.72. The number of hydrogen-bond acceptors (Lipinski definition) is 3. The van der Waals surface area contributed by atoms with Gasteiger partial charge in [0.25, 0.3) is 5.91 Å². The molecule has 19 heavy (non-hydrogen) atoms. The number of oxazole rings is 1. The molecule has 1 amide bonds. The van der Waals surface area contributed by atoms with E-state index in [1.165, 1.54) is 0 Å². The molecule has 0 radical (unpaired) electrons. The van der Waals surface area contributed by atoms with E-state index < -0.39 is 5.76 Å². The summed E-state index contributed by atoms with van der Waals surface area (Å²) < 4.78 is 4.93. The number of carbonyl (C=O) groups is 1.